The Morgan fingerprint density at radius 1 is 1.00 bits per heavy atom. The molecule has 2 heteroatoms. The summed E-state index contributed by atoms with van der Waals surface area (Å²) in [6, 6.07) is 0.542. The lowest BCUT2D eigenvalue weighted by Crippen LogP contribution is -2.55. The molecule has 118 valence electrons. The molecule has 0 spiro atoms. The van der Waals surface area contributed by atoms with Crippen molar-refractivity contribution in [2.75, 3.05) is 14.2 Å². The summed E-state index contributed by atoms with van der Waals surface area (Å²) >= 11 is 0. The molecule has 2 fully saturated rings. The zero-order valence-electron chi connectivity index (χ0n) is 14.1. The van der Waals surface area contributed by atoms with E-state index in [0.29, 0.717) is 6.04 Å². The van der Waals surface area contributed by atoms with E-state index in [4.69, 9.17) is 4.74 Å². The van der Waals surface area contributed by atoms with Crippen LogP contribution in [0.25, 0.3) is 0 Å². The number of rotatable bonds is 4. The maximum Gasteiger partial charge on any atom is 0.0833 e. The molecule has 2 aliphatic carbocycles. The SMILES string of the molecule is CNC(C1CCC(C)C(C)C1)C1(OC)CCCCCC1. The molecule has 2 saturated carbocycles. The molecule has 0 heterocycles. The first kappa shape index (κ1) is 16.3. The molecule has 4 atom stereocenters. The number of hydrogen-bond acceptors (Lipinski definition) is 2. The van der Waals surface area contributed by atoms with Crippen molar-refractivity contribution < 1.29 is 4.74 Å². The van der Waals surface area contributed by atoms with E-state index in [-0.39, 0.29) is 5.60 Å². The standard InChI is InChI=1S/C18H35NO/c1-14-9-10-16(13-15(14)2)17(19-3)18(20-4)11-7-5-6-8-12-18/h14-17,19H,5-13H2,1-4H3. The molecule has 0 aromatic rings. The minimum absolute atomic E-state index is 0.0935. The van der Waals surface area contributed by atoms with Gasteiger partial charge in [0.25, 0.3) is 0 Å². The van der Waals surface area contributed by atoms with E-state index in [1.165, 1.54) is 57.8 Å². The fourth-order valence-corrected chi connectivity index (χ4v) is 4.79. The Hall–Kier alpha value is -0.0800. The van der Waals surface area contributed by atoms with Gasteiger partial charge in [-0.3, -0.25) is 0 Å². The van der Waals surface area contributed by atoms with E-state index in [1.807, 2.05) is 7.11 Å². The second kappa shape index (κ2) is 7.26. The van der Waals surface area contributed by atoms with Gasteiger partial charge in [0, 0.05) is 13.2 Å². The molecular weight excluding hydrogens is 246 g/mol. The van der Waals surface area contributed by atoms with Crippen LogP contribution in [0.3, 0.4) is 0 Å². The molecule has 2 rings (SSSR count). The molecule has 0 amide bonds. The molecule has 0 aromatic carbocycles. The second-order valence-electron chi connectivity index (χ2n) is 7.48. The normalized spacial score (nSPS) is 36.3. The summed E-state index contributed by atoms with van der Waals surface area (Å²) in [4.78, 5) is 0. The van der Waals surface area contributed by atoms with Crippen molar-refractivity contribution in [3.8, 4) is 0 Å². The van der Waals surface area contributed by atoms with Gasteiger partial charge in [0.2, 0.25) is 0 Å². The lowest BCUT2D eigenvalue weighted by atomic mass is 9.68. The third-order valence-corrected chi connectivity index (χ3v) is 6.34. The summed E-state index contributed by atoms with van der Waals surface area (Å²) in [6.07, 6.45) is 12.1. The number of ether oxygens (including phenoxy) is 1. The summed E-state index contributed by atoms with van der Waals surface area (Å²) in [6.45, 7) is 4.86. The van der Waals surface area contributed by atoms with Gasteiger partial charge in [-0.25, -0.2) is 0 Å². The third-order valence-electron chi connectivity index (χ3n) is 6.34. The molecule has 0 aliphatic heterocycles. The lowest BCUT2D eigenvalue weighted by Gasteiger charge is -2.46. The zero-order valence-corrected chi connectivity index (χ0v) is 14.1. The minimum atomic E-state index is 0.0935. The number of methoxy groups -OCH3 is 1. The Balaban J connectivity index is 2.12. The zero-order chi connectivity index (χ0) is 14.6. The van der Waals surface area contributed by atoms with Crippen molar-refractivity contribution in [3.63, 3.8) is 0 Å². The summed E-state index contributed by atoms with van der Waals surface area (Å²) in [5.41, 5.74) is 0.0935. The first-order valence-corrected chi connectivity index (χ1v) is 8.85. The van der Waals surface area contributed by atoms with Crippen molar-refractivity contribution in [2.24, 2.45) is 17.8 Å². The van der Waals surface area contributed by atoms with Crippen LogP contribution in [0.15, 0.2) is 0 Å². The van der Waals surface area contributed by atoms with Crippen molar-refractivity contribution in [2.45, 2.75) is 83.3 Å². The predicted octanol–water partition coefficient (Wildman–Crippen LogP) is 4.39. The summed E-state index contributed by atoms with van der Waals surface area (Å²) in [7, 11) is 4.10. The number of nitrogens with one attached hydrogen (secondary N) is 1. The van der Waals surface area contributed by atoms with E-state index in [1.54, 1.807) is 0 Å². The summed E-state index contributed by atoms with van der Waals surface area (Å²) in [5.74, 6) is 2.56. The Kier molecular flexibility index (Phi) is 5.92. The monoisotopic (exact) mass is 281 g/mol. The van der Waals surface area contributed by atoms with Crippen molar-refractivity contribution in [1.29, 1.82) is 0 Å². The molecule has 4 unspecified atom stereocenters. The van der Waals surface area contributed by atoms with Crippen LogP contribution in [0.1, 0.15) is 71.6 Å². The maximum absolute atomic E-state index is 6.16. The first-order valence-electron chi connectivity index (χ1n) is 8.85. The fraction of sp³-hybridized carbons (Fsp3) is 1.00. The van der Waals surface area contributed by atoms with Gasteiger partial charge in [0.15, 0.2) is 0 Å². The molecule has 0 bridgehead atoms. The van der Waals surface area contributed by atoms with Crippen molar-refractivity contribution >= 4 is 0 Å². The average Bonchev–Trinajstić information content (AvgIpc) is 2.70. The van der Waals surface area contributed by atoms with Gasteiger partial charge in [0.1, 0.15) is 0 Å². The van der Waals surface area contributed by atoms with Gasteiger partial charge in [-0.2, -0.15) is 0 Å². The Morgan fingerprint density at radius 3 is 2.15 bits per heavy atom. The molecule has 0 aromatic heterocycles. The van der Waals surface area contributed by atoms with Crippen molar-refractivity contribution in [1.82, 2.24) is 5.32 Å². The van der Waals surface area contributed by atoms with Crippen molar-refractivity contribution in [3.05, 3.63) is 0 Å². The van der Waals surface area contributed by atoms with Gasteiger partial charge in [-0.15, -0.1) is 0 Å². The van der Waals surface area contributed by atoms with Gasteiger partial charge < -0.3 is 10.1 Å². The van der Waals surface area contributed by atoms with Crippen LogP contribution in [-0.4, -0.2) is 25.8 Å². The quantitative estimate of drug-likeness (QED) is 0.772. The largest absolute Gasteiger partial charge is 0.377 e. The highest BCUT2D eigenvalue weighted by Crippen LogP contribution is 2.42. The smallest absolute Gasteiger partial charge is 0.0833 e. The molecule has 1 N–H and O–H groups in total. The van der Waals surface area contributed by atoms with Crippen LogP contribution >= 0.6 is 0 Å². The minimum Gasteiger partial charge on any atom is -0.377 e. The molecule has 2 aliphatic rings. The van der Waals surface area contributed by atoms with E-state index in [2.05, 4.69) is 26.2 Å². The Labute approximate surface area is 126 Å². The fourth-order valence-electron chi connectivity index (χ4n) is 4.79. The van der Waals surface area contributed by atoms with Crippen LogP contribution in [-0.2, 0) is 4.74 Å². The molecule has 2 nitrogen and oxygen atoms in total. The molecular formula is C18H35NO. The lowest BCUT2D eigenvalue weighted by molar-refractivity contribution is -0.0740. The Morgan fingerprint density at radius 2 is 1.65 bits per heavy atom. The maximum atomic E-state index is 6.16. The van der Waals surface area contributed by atoms with Crippen LogP contribution in [0, 0.1) is 17.8 Å². The number of hydrogen-bond donors (Lipinski definition) is 1. The van der Waals surface area contributed by atoms with Gasteiger partial charge in [0.05, 0.1) is 5.60 Å². The van der Waals surface area contributed by atoms with E-state index < -0.39 is 0 Å². The average molecular weight is 281 g/mol. The summed E-state index contributed by atoms with van der Waals surface area (Å²) < 4.78 is 6.16. The highest BCUT2D eigenvalue weighted by atomic mass is 16.5. The summed E-state index contributed by atoms with van der Waals surface area (Å²) in [5, 5.41) is 3.67. The van der Waals surface area contributed by atoms with Crippen LogP contribution in [0.2, 0.25) is 0 Å². The van der Waals surface area contributed by atoms with Crippen LogP contribution in [0.4, 0.5) is 0 Å². The third kappa shape index (κ3) is 3.39. The number of likely N-dealkylation sites (N-methyl/N-ethyl adjacent to an activating group) is 1. The highest BCUT2D eigenvalue weighted by Gasteiger charge is 2.43. The molecule has 0 saturated heterocycles. The van der Waals surface area contributed by atoms with Crippen LogP contribution < -0.4 is 5.32 Å². The second-order valence-corrected chi connectivity index (χ2v) is 7.48. The first-order chi connectivity index (χ1) is 9.63. The topological polar surface area (TPSA) is 21.3 Å². The van der Waals surface area contributed by atoms with Gasteiger partial charge in [-0.05, 0) is 50.5 Å². The van der Waals surface area contributed by atoms with Gasteiger partial charge >= 0.3 is 0 Å². The van der Waals surface area contributed by atoms with E-state index in [0.717, 1.165) is 17.8 Å². The highest BCUT2D eigenvalue weighted by molar-refractivity contribution is 4.99. The Bertz CT molecular complexity index is 283. The van der Waals surface area contributed by atoms with E-state index in [9.17, 15) is 0 Å². The van der Waals surface area contributed by atoms with Crippen LogP contribution in [0.5, 0.6) is 0 Å². The molecule has 20 heavy (non-hydrogen) atoms. The predicted molar refractivity (Wildman–Crippen MR) is 86.0 cm³/mol. The molecule has 0 radical (unpaired) electrons. The van der Waals surface area contributed by atoms with E-state index >= 15 is 0 Å². The van der Waals surface area contributed by atoms with Gasteiger partial charge in [-0.1, -0.05) is 46.0 Å².